The molecule has 0 bridgehead atoms. The molecule has 0 amide bonds. The van der Waals surface area contributed by atoms with Crippen LogP contribution in [0.15, 0.2) is 24.3 Å². The fraction of sp³-hybridized carbons (Fsp3) is 0.625. The standard InChI is InChI=1S/C16H27NO3S/c1-13(2)17-11-14(18)12-20-16-7-5-15(6-8-16)19-9-4-10-21-3/h5-8,13-14,17-18H,4,9-12H2,1-3H3. The molecular formula is C16H27NO3S. The Morgan fingerprint density at radius 2 is 1.76 bits per heavy atom. The summed E-state index contributed by atoms with van der Waals surface area (Å²) in [5.41, 5.74) is 0. The van der Waals surface area contributed by atoms with Crippen LogP contribution in [0.1, 0.15) is 20.3 Å². The van der Waals surface area contributed by atoms with Crippen LogP contribution in [0.4, 0.5) is 0 Å². The van der Waals surface area contributed by atoms with Crippen molar-refractivity contribution in [3.8, 4) is 11.5 Å². The van der Waals surface area contributed by atoms with Gasteiger partial charge < -0.3 is 19.9 Å². The monoisotopic (exact) mass is 313 g/mol. The van der Waals surface area contributed by atoms with Crippen LogP contribution in [-0.4, -0.2) is 49.0 Å². The molecule has 0 fully saturated rings. The number of ether oxygens (including phenoxy) is 2. The summed E-state index contributed by atoms with van der Waals surface area (Å²) in [5.74, 6) is 2.71. The van der Waals surface area contributed by atoms with E-state index < -0.39 is 6.10 Å². The molecule has 0 heterocycles. The quantitative estimate of drug-likeness (QED) is 0.615. The summed E-state index contributed by atoms with van der Waals surface area (Å²) < 4.78 is 11.2. The van der Waals surface area contributed by atoms with Crippen LogP contribution in [0.5, 0.6) is 11.5 Å². The zero-order valence-corrected chi connectivity index (χ0v) is 14.0. The van der Waals surface area contributed by atoms with E-state index in [0.717, 1.165) is 30.3 Å². The average molecular weight is 313 g/mol. The van der Waals surface area contributed by atoms with Crippen LogP contribution in [0.2, 0.25) is 0 Å². The first-order valence-corrected chi connectivity index (χ1v) is 8.77. The van der Waals surface area contributed by atoms with E-state index >= 15 is 0 Å². The van der Waals surface area contributed by atoms with E-state index in [0.29, 0.717) is 12.6 Å². The number of aliphatic hydroxyl groups is 1. The molecule has 0 radical (unpaired) electrons. The lowest BCUT2D eigenvalue weighted by Crippen LogP contribution is -2.35. The van der Waals surface area contributed by atoms with E-state index in [1.807, 2.05) is 49.9 Å². The highest BCUT2D eigenvalue weighted by atomic mass is 32.2. The number of hydrogen-bond donors (Lipinski definition) is 2. The molecule has 1 atom stereocenters. The number of hydrogen-bond acceptors (Lipinski definition) is 5. The average Bonchev–Trinajstić information content (AvgIpc) is 2.48. The van der Waals surface area contributed by atoms with Gasteiger partial charge in [0, 0.05) is 12.6 Å². The maximum absolute atomic E-state index is 9.77. The third-order valence-electron chi connectivity index (χ3n) is 2.79. The molecular weight excluding hydrogens is 286 g/mol. The lowest BCUT2D eigenvalue weighted by atomic mass is 10.3. The fourth-order valence-corrected chi connectivity index (χ4v) is 2.05. The molecule has 0 saturated heterocycles. The predicted molar refractivity (Wildman–Crippen MR) is 89.6 cm³/mol. The smallest absolute Gasteiger partial charge is 0.119 e. The van der Waals surface area contributed by atoms with E-state index in [-0.39, 0.29) is 6.61 Å². The molecule has 1 rings (SSSR count). The van der Waals surface area contributed by atoms with Crippen LogP contribution in [0.3, 0.4) is 0 Å². The first-order valence-electron chi connectivity index (χ1n) is 7.38. The van der Waals surface area contributed by atoms with E-state index in [9.17, 15) is 5.11 Å². The second-order valence-corrected chi connectivity index (χ2v) is 6.18. The molecule has 0 aliphatic heterocycles. The number of thioether (sulfide) groups is 1. The molecule has 0 aliphatic carbocycles. The van der Waals surface area contributed by atoms with Gasteiger partial charge in [0.15, 0.2) is 0 Å². The van der Waals surface area contributed by atoms with Crippen molar-refractivity contribution in [3.63, 3.8) is 0 Å². The lowest BCUT2D eigenvalue weighted by Gasteiger charge is -2.15. The normalized spacial score (nSPS) is 12.4. The molecule has 4 nitrogen and oxygen atoms in total. The van der Waals surface area contributed by atoms with Crippen LogP contribution < -0.4 is 14.8 Å². The molecule has 1 aromatic rings. The summed E-state index contributed by atoms with van der Waals surface area (Å²) >= 11 is 1.83. The van der Waals surface area contributed by atoms with Gasteiger partial charge in [0.05, 0.1) is 6.61 Å². The minimum Gasteiger partial charge on any atom is -0.494 e. The summed E-state index contributed by atoms with van der Waals surface area (Å²) in [6.45, 7) is 5.65. The van der Waals surface area contributed by atoms with E-state index in [1.54, 1.807) is 0 Å². The Morgan fingerprint density at radius 3 is 2.33 bits per heavy atom. The topological polar surface area (TPSA) is 50.7 Å². The molecule has 5 heteroatoms. The molecule has 0 saturated carbocycles. The Balaban J connectivity index is 2.24. The second-order valence-electron chi connectivity index (χ2n) is 5.19. The van der Waals surface area contributed by atoms with Crippen molar-refractivity contribution < 1.29 is 14.6 Å². The molecule has 0 aliphatic rings. The van der Waals surface area contributed by atoms with Crippen molar-refractivity contribution in [2.45, 2.75) is 32.4 Å². The third kappa shape index (κ3) is 8.86. The molecule has 0 spiro atoms. The molecule has 1 unspecified atom stereocenters. The Kier molecular flexibility index (Phi) is 9.30. The number of nitrogens with one attached hydrogen (secondary N) is 1. The Labute approximate surface area is 132 Å². The molecule has 21 heavy (non-hydrogen) atoms. The highest BCUT2D eigenvalue weighted by molar-refractivity contribution is 7.98. The zero-order valence-electron chi connectivity index (χ0n) is 13.2. The van der Waals surface area contributed by atoms with Crippen molar-refractivity contribution in [2.24, 2.45) is 0 Å². The largest absolute Gasteiger partial charge is 0.494 e. The molecule has 120 valence electrons. The van der Waals surface area contributed by atoms with Gasteiger partial charge in [-0.2, -0.15) is 11.8 Å². The van der Waals surface area contributed by atoms with E-state index in [4.69, 9.17) is 9.47 Å². The van der Waals surface area contributed by atoms with Gasteiger partial charge in [-0.25, -0.2) is 0 Å². The van der Waals surface area contributed by atoms with Crippen molar-refractivity contribution in [3.05, 3.63) is 24.3 Å². The highest BCUT2D eigenvalue weighted by Crippen LogP contribution is 2.18. The van der Waals surface area contributed by atoms with Gasteiger partial charge >= 0.3 is 0 Å². The van der Waals surface area contributed by atoms with Gasteiger partial charge in [-0.3, -0.25) is 0 Å². The van der Waals surface area contributed by atoms with Gasteiger partial charge in [0.25, 0.3) is 0 Å². The SMILES string of the molecule is CSCCCOc1ccc(OCC(O)CNC(C)C)cc1. The maximum Gasteiger partial charge on any atom is 0.119 e. The Hall–Kier alpha value is -0.910. The van der Waals surface area contributed by atoms with Gasteiger partial charge in [-0.05, 0) is 42.7 Å². The van der Waals surface area contributed by atoms with Crippen LogP contribution >= 0.6 is 11.8 Å². The first-order chi connectivity index (χ1) is 10.1. The first kappa shape index (κ1) is 18.1. The van der Waals surface area contributed by atoms with Gasteiger partial charge in [-0.15, -0.1) is 0 Å². The number of benzene rings is 1. The summed E-state index contributed by atoms with van der Waals surface area (Å²) in [4.78, 5) is 0. The van der Waals surface area contributed by atoms with Crippen LogP contribution in [0, 0.1) is 0 Å². The van der Waals surface area contributed by atoms with Crippen LogP contribution in [-0.2, 0) is 0 Å². The van der Waals surface area contributed by atoms with Gasteiger partial charge in [0.2, 0.25) is 0 Å². The fourth-order valence-electron chi connectivity index (χ4n) is 1.65. The van der Waals surface area contributed by atoms with Gasteiger partial charge in [-0.1, -0.05) is 13.8 Å². The number of rotatable bonds is 11. The number of aliphatic hydroxyl groups excluding tert-OH is 1. The van der Waals surface area contributed by atoms with Crippen LogP contribution in [0.25, 0.3) is 0 Å². The highest BCUT2D eigenvalue weighted by Gasteiger charge is 2.06. The van der Waals surface area contributed by atoms with Crippen molar-refractivity contribution in [1.29, 1.82) is 0 Å². The second kappa shape index (κ2) is 10.8. The Bertz CT molecular complexity index is 370. The third-order valence-corrected chi connectivity index (χ3v) is 3.49. The summed E-state index contributed by atoms with van der Waals surface area (Å²) in [7, 11) is 0. The zero-order chi connectivity index (χ0) is 15.5. The van der Waals surface area contributed by atoms with Crippen molar-refractivity contribution >= 4 is 11.8 Å². The molecule has 2 N–H and O–H groups in total. The minimum absolute atomic E-state index is 0.285. The van der Waals surface area contributed by atoms with E-state index in [2.05, 4.69) is 11.6 Å². The van der Waals surface area contributed by atoms with Gasteiger partial charge in [0.1, 0.15) is 24.2 Å². The predicted octanol–water partition coefficient (Wildman–Crippen LogP) is 2.56. The summed E-state index contributed by atoms with van der Waals surface area (Å²) in [6, 6.07) is 7.89. The summed E-state index contributed by atoms with van der Waals surface area (Å²) in [6.07, 6.45) is 2.64. The Morgan fingerprint density at radius 1 is 1.14 bits per heavy atom. The van der Waals surface area contributed by atoms with E-state index in [1.165, 1.54) is 0 Å². The summed E-state index contributed by atoms with van der Waals surface area (Å²) in [5, 5.41) is 12.9. The lowest BCUT2D eigenvalue weighted by molar-refractivity contribution is 0.104. The molecule has 1 aromatic carbocycles. The molecule has 0 aromatic heterocycles. The minimum atomic E-state index is -0.505. The van der Waals surface area contributed by atoms with Crippen molar-refractivity contribution in [1.82, 2.24) is 5.32 Å². The maximum atomic E-state index is 9.77. The van der Waals surface area contributed by atoms with Crippen molar-refractivity contribution in [2.75, 3.05) is 31.8 Å².